The Kier molecular flexibility index (Phi) is 2.39. The summed E-state index contributed by atoms with van der Waals surface area (Å²) in [6.45, 7) is 2.25. The Labute approximate surface area is 72.1 Å². The number of rotatable bonds is 1. The number of carbonyl (C=O) groups is 1. The highest BCUT2D eigenvalue weighted by molar-refractivity contribution is 5.76. The number of hydrogen-bond donors (Lipinski definition) is 1. The summed E-state index contributed by atoms with van der Waals surface area (Å²) < 4.78 is 4.61. The SMILES string of the molecule is COC(=O)C1CC(C)(O)CN1C. The number of ether oxygens (including phenoxy) is 1. The van der Waals surface area contributed by atoms with E-state index in [1.807, 2.05) is 11.9 Å². The van der Waals surface area contributed by atoms with Gasteiger partial charge in [-0.1, -0.05) is 0 Å². The van der Waals surface area contributed by atoms with Crippen LogP contribution in [-0.2, 0) is 9.53 Å². The van der Waals surface area contributed by atoms with Crippen molar-refractivity contribution in [1.29, 1.82) is 0 Å². The molecule has 0 aliphatic carbocycles. The third-order valence-corrected chi connectivity index (χ3v) is 2.23. The van der Waals surface area contributed by atoms with E-state index in [2.05, 4.69) is 4.74 Å². The Morgan fingerprint density at radius 2 is 2.33 bits per heavy atom. The zero-order valence-corrected chi connectivity index (χ0v) is 7.70. The van der Waals surface area contributed by atoms with Crippen molar-refractivity contribution in [3.8, 4) is 0 Å². The number of likely N-dealkylation sites (N-methyl/N-ethyl adjacent to an activating group) is 1. The quantitative estimate of drug-likeness (QED) is 0.549. The molecule has 0 radical (unpaired) electrons. The maximum atomic E-state index is 11.1. The zero-order chi connectivity index (χ0) is 9.35. The van der Waals surface area contributed by atoms with Gasteiger partial charge in [-0.3, -0.25) is 9.69 Å². The molecule has 2 unspecified atom stereocenters. The molecule has 1 fully saturated rings. The van der Waals surface area contributed by atoms with Gasteiger partial charge in [0, 0.05) is 13.0 Å². The average Bonchev–Trinajstić information content (AvgIpc) is 2.23. The van der Waals surface area contributed by atoms with E-state index >= 15 is 0 Å². The standard InChI is InChI=1S/C8H15NO3/c1-8(11)4-6(7(10)12-3)9(2)5-8/h6,11H,4-5H2,1-3H3. The number of carbonyl (C=O) groups excluding carboxylic acids is 1. The van der Waals surface area contributed by atoms with Crippen molar-refractivity contribution in [2.24, 2.45) is 0 Å². The summed E-state index contributed by atoms with van der Waals surface area (Å²) in [5.74, 6) is -0.268. The molecule has 0 aromatic heterocycles. The minimum Gasteiger partial charge on any atom is -0.468 e. The van der Waals surface area contributed by atoms with Crippen molar-refractivity contribution in [1.82, 2.24) is 4.90 Å². The Morgan fingerprint density at radius 3 is 2.67 bits per heavy atom. The van der Waals surface area contributed by atoms with E-state index in [9.17, 15) is 9.90 Å². The molecule has 1 heterocycles. The van der Waals surface area contributed by atoms with Crippen LogP contribution in [0.5, 0.6) is 0 Å². The lowest BCUT2D eigenvalue weighted by atomic mass is 10.0. The number of esters is 1. The van der Waals surface area contributed by atoms with E-state index in [4.69, 9.17) is 0 Å². The Morgan fingerprint density at radius 1 is 1.75 bits per heavy atom. The molecule has 1 rings (SSSR count). The fourth-order valence-corrected chi connectivity index (χ4v) is 1.68. The van der Waals surface area contributed by atoms with Gasteiger partial charge in [0.25, 0.3) is 0 Å². The number of β-amino-alcohol motifs (C(OH)–C–C–N with tert-alkyl or cyclic N) is 1. The van der Waals surface area contributed by atoms with Crippen LogP contribution in [0, 0.1) is 0 Å². The number of aliphatic hydroxyl groups is 1. The Hall–Kier alpha value is -0.610. The van der Waals surface area contributed by atoms with Gasteiger partial charge in [-0.05, 0) is 14.0 Å². The van der Waals surface area contributed by atoms with Crippen LogP contribution in [0.4, 0.5) is 0 Å². The number of nitrogens with zero attached hydrogens (tertiary/aromatic N) is 1. The van der Waals surface area contributed by atoms with Crippen LogP contribution in [0.15, 0.2) is 0 Å². The van der Waals surface area contributed by atoms with Gasteiger partial charge in [-0.2, -0.15) is 0 Å². The maximum Gasteiger partial charge on any atom is 0.323 e. The smallest absolute Gasteiger partial charge is 0.323 e. The summed E-state index contributed by atoms with van der Waals surface area (Å²) in [7, 11) is 3.17. The average molecular weight is 173 g/mol. The van der Waals surface area contributed by atoms with Crippen molar-refractivity contribution in [2.45, 2.75) is 25.0 Å². The summed E-state index contributed by atoms with van der Waals surface area (Å²) in [6, 6.07) is -0.287. The molecule has 0 amide bonds. The summed E-state index contributed by atoms with van der Waals surface area (Å²) in [5.41, 5.74) is -0.756. The first-order chi connectivity index (χ1) is 5.46. The van der Waals surface area contributed by atoms with Crippen molar-refractivity contribution >= 4 is 5.97 Å². The minimum absolute atomic E-state index is 0.268. The molecule has 70 valence electrons. The van der Waals surface area contributed by atoms with Gasteiger partial charge in [0.2, 0.25) is 0 Å². The Balaban J connectivity index is 2.64. The first-order valence-electron chi connectivity index (χ1n) is 3.97. The molecule has 0 bridgehead atoms. The lowest BCUT2D eigenvalue weighted by Gasteiger charge is -2.15. The lowest BCUT2D eigenvalue weighted by Crippen LogP contribution is -2.33. The van der Waals surface area contributed by atoms with E-state index in [0.717, 1.165) is 0 Å². The Bertz CT molecular complexity index is 191. The molecule has 1 aliphatic rings. The molecule has 0 aromatic rings. The van der Waals surface area contributed by atoms with E-state index in [1.54, 1.807) is 6.92 Å². The molecule has 0 spiro atoms. The fourth-order valence-electron chi connectivity index (χ4n) is 1.68. The number of methoxy groups -OCH3 is 1. The normalized spacial score (nSPS) is 36.8. The summed E-state index contributed by atoms with van der Waals surface area (Å²) in [4.78, 5) is 12.9. The van der Waals surface area contributed by atoms with Crippen molar-refractivity contribution in [3.05, 3.63) is 0 Å². The second-order valence-corrected chi connectivity index (χ2v) is 3.66. The van der Waals surface area contributed by atoms with Crippen LogP contribution in [0.2, 0.25) is 0 Å². The minimum atomic E-state index is -0.756. The van der Waals surface area contributed by atoms with Crippen LogP contribution in [0.1, 0.15) is 13.3 Å². The van der Waals surface area contributed by atoms with Gasteiger partial charge in [0.05, 0.1) is 12.7 Å². The van der Waals surface area contributed by atoms with E-state index in [-0.39, 0.29) is 12.0 Å². The monoisotopic (exact) mass is 173 g/mol. The second-order valence-electron chi connectivity index (χ2n) is 3.66. The maximum absolute atomic E-state index is 11.1. The first kappa shape index (κ1) is 9.48. The van der Waals surface area contributed by atoms with Gasteiger partial charge >= 0.3 is 5.97 Å². The molecule has 4 nitrogen and oxygen atoms in total. The highest BCUT2D eigenvalue weighted by atomic mass is 16.5. The van der Waals surface area contributed by atoms with E-state index in [1.165, 1.54) is 7.11 Å². The molecule has 4 heteroatoms. The van der Waals surface area contributed by atoms with Crippen molar-refractivity contribution < 1.29 is 14.6 Å². The van der Waals surface area contributed by atoms with Crippen LogP contribution >= 0.6 is 0 Å². The molecule has 0 aromatic carbocycles. The molecule has 2 atom stereocenters. The zero-order valence-electron chi connectivity index (χ0n) is 7.70. The summed E-state index contributed by atoms with van der Waals surface area (Å²) >= 11 is 0. The third-order valence-electron chi connectivity index (χ3n) is 2.23. The van der Waals surface area contributed by atoms with Gasteiger partial charge in [0.15, 0.2) is 0 Å². The van der Waals surface area contributed by atoms with Crippen LogP contribution in [0.3, 0.4) is 0 Å². The molecule has 1 saturated heterocycles. The molecule has 1 N–H and O–H groups in total. The topological polar surface area (TPSA) is 49.8 Å². The summed E-state index contributed by atoms with van der Waals surface area (Å²) in [6.07, 6.45) is 0.455. The van der Waals surface area contributed by atoms with Crippen molar-refractivity contribution in [3.63, 3.8) is 0 Å². The molecular formula is C8H15NO3. The van der Waals surface area contributed by atoms with Crippen LogP contribution < -0.4 is 0 Å². The summed E-state index contributed by atoms with van der Waals surface area (Å²) in [5, 5.41) is 9.63. The predicted molar refractivity (Wildman–Crippen MR) is 43.7 cm³/mol. The fraction of sp³-hybridized carbons (Fsp3) is 0.875. The predicted octanol–water partition coefficient (Wildman–Crippen LogP) is -0.386. The number of likely N-dealkylation sites (tertiary alicyclic amines) is 1. The highest BCUT2D eigenvalue weighted by Gasteiger charge is 2.41. The van der Waals surface area contributed by atoms with Gasteiger partial charge < -0.3 is 9.84 Å². The highest BCUT2D eigenvalue weighted by Crippen LogP contribution is 2.25. The van der Waals surface area contributed by atoms with Gasteiger partial charge in [-0.25, -0.2) is 0 Å². The third kappa shape index (κ3) is 1.76. The number of hydrogen-bond acceptors (Lipinski definition) is 4. The molecule has 1 aliphatic heterocycles. The second kappa shape index (κ2) is 3.03. The van der Waals surface area contributed by atoms with Crippen LogP contribution in [-0.4, -0.2) is 48.3 Å². The van der Waals surface area contributed by atoms with E-state index in [0.29, 0.717) is 13.0 Å². The lowest BCUT2D eigenvalue weighted by molar-refractivity contribution is -0.145. The molecule has 0 saturated carbocycles. The first-order valence-corrected chi connectivity index (χ1v) is 3.97. The van der Waals surface area contributed by atoms with Crippen molar-refractivity contribution in [2.75, 3.05) is 20.7 Å². The van der Waals surface area contributed by atoms with E-state index < -0.39 is 5.60 Å². The largest absolute Gasteiger partial charge is 0.468 e. The van der Waals surface area contributed by atoms with Gasteiger partial charge in [-0.15, -0.1) is 0 Å². The van der Waals surface area contributed by atoms with Crippen LogP contribution in [0.25, 0.3) is 0 Å². The van der Waals surface area contributed by atoms with Gasteiger partial charge in [0.1, 0.15) is 6.04 Å². The molecule has 12 heavy (non-hydrogen) atoms. The molecular weight excluding hydrogens is 158 g/mol.